The van der Waals surface area contributed by atoms with Crippen LogP contribution in [0, 0.1) is 5.92 Å². The molecule has 118 valence electrons. The van der Waals surface area contributed by atoms with Crippen LogP contribution in [0.15, 0.2) is 24.3 Å². The Morgan fingerprint density at radius 1 is 1.18 bits per heavy atom. The predicted molar refractivity (Wildman–Crippen MR) is 85.0 cm³/mol. The Kier molecular flexibility index (Phi) is 4.32. The van der Waals surface area contributed by atoms with Crippen LogP contribution >= 0.6 is 0 Å². The van der Waals surface area contributed by atoms with Crippen LogP contribution in [0.2, 0.25) is 0 Å². The van der Waals surface area contributed by atoms with E-state index in [1.807, 2.05) is 12.1 Å². The van der Waals surface area contributed by atoms with E-state index in [0.717, 1.165) is 24.5 Å². The maximum atomic E-state index is 12.2. The van der Waals surface area contributed by atoms with Crippen LogP contribution in [-0.2, 0) is 14.3 Å². The van der Waals surface area contributed by atoms with E-state index in [1.165, 1.54) is 26.4 Å². The largest absolute Gasteiger partial charge is 0.469 e. The summed E-state index contributed by atoms with van der Waals surface area (Å²) in [5.41, 5.74) is 2.03. The number of hydrogen-bond acceptors (Lipinski definition) is 4. The maximum absolute atomic E-state index is 12.2. The number of carbonyl (C=O) groups excluding carboxylic acids is 2. The van der Waals surface area contributed by atoms with Crippen molar-refractivity contribution in [3.8, 4) is 0 Å². The van der Waals surface area contributed by atoms with E-state index in [4.69, 9.17) is 4.74 Å². The lowest BCUT2D eigenvalue weighted by Crippen LogP contribution is -2.30. The molecule has 22 heavy (non-hydrogen) atoms. The second-order valence-corrected chi connectivity index (χ2v) is 6.00. The smallest absolute Gasteiger partial charge is 0.311 e. The molecule has 5 heteroatoms. The number of benzene rings is 1. The first-order valence-electron chi connectivity index (χ1n) is 7.92. The first-order chi connectivity index (χ1) is 10.7. The van der Waals surface area contributed by atoms with Gasteiger partial charge in [0.2, 0.25) is 5.91 Å². The molecule has 0 aliphatic carbocycles. The van der Waals surface area contributed by atoms with Crippen molar-refractivity contribution in [1.82, 2.24) is 0 Å². The van der Waals surface area contributed by atoms with Crippen molar-refractivity contribution < 1.29 is 14.3 Å². The van der Waals surface area contributed by atoms with Crippen LogP contribution in [-0.4, -0.2) is 38.6 Å². The number of anilines is 2. The summed E-state index contributed by atoms with van der Waals surface area (Å²) in [6.07, 6.45) is 3.97. The Hall–Kier alpha value is -2.04. The lowest BCUT2D eigenvalue weighted by Gasteiger charge is -2.29. The molecule has 0 N–H and O–H groups in total. The van der Waals surface area contributed by atoms with Crippen LogP contribution in [0.25, 0.3) is 0 Å². The van der Waals surface area contributed by atoms with Crippen molar-refractivity contribution in [3.63, 3.8) is 0 Å². The zero-order chi connectivity index (χ0) is 15.5. The van der Waals surface area contributed by atoms with Gasteiger partial charge in [0.25, 0.3) is 0 Å². The maximum Gasteiger partial charge on any atom is 0.311 e. The minimum Gasteiger partial charge on any atom is -0.469 e. The quantitative estimate of drug-likeness (QED) is 0.803. The van der Waals surface area contributed by atoms with Gasteiger partial charge < -0.3 is 14.5 Å². The molecule has 1 aromatic carbocycles. The molecular weight excluding hydrogens is 280 g/mol. The van der Waals surface area contributed by atoms with Crippen molar-refractivity contribution in [2.24, 2.45) is 5.92 Å². The first kappa shape index (κ1) is 14.9. The van der Waals surface area contributed by atoms with Gasteiger partial charge in [-0.2, -0.15) is 0 Å². The second kappa shape index (κ2) is 6.38. The van der Waals surface area contributed by atoms with Crippen LogP contribution < -0.4 is 9.80 Å². The number of carbonyl (C=O) groups is 2. The molecule has 1 atom stereocenters. The molecule has 1 aromatic rings. The fraction of sp³-hybridized carbons (Fsp3) is 0.529. The number of amides is 1. The van der Waals surface area contributed by atoms with Gasteiger partial charge >= 0.3 is 5.97 Å². The minimum absolute atomic E-state index is 0.00815. The average molecular weight is 302 g/mol. The highest BCUT2D eigenvalue weighted by molar-refractivity contribution is 5.99. The standard InChI is InChI=1S/C17H22N2O3/c1-22-17(21)13-10-16(20)19(12-13)15-7-5-6-14(11-15)18-8-3-2-4-9-18/h5-7,11,13H,2-4,8-10,12H2,1H3. The molecule has 1 unspecified atom stereocenters. The van der Waals surface area contributed by atoms with E-state index >= 15 is 0 Å². The summed E-state index contributed by atoms with van der Waals surface area (Å²) in [4.78, 5) is 27.9. The van der Waals surface area contributed by atoms with Crippen LogP contribution in [0.4, 0.5) is 11.4 Å². The number of ether oxygens (including phenoxy) is 1. The van der Waals surface area contributed by atoms with E-state index in [2.05, 4.69) is 17.0 Å². The minimum atomic E-state index is -0.351. The van der Waals surface area contributed by atoms with Gasteiger partial charge in [-0.05, 0) is 37.5 Å². The summed E-state index contributed by atoms with van der Waals surface area (Å²) in [7, 11) is 1.37. The number of piperidine rings is 1. The number of hydrogen-bond donors (Lipinski definition) is 0. The van der Waals surface area contributed by atoms with Crippen LogP contribution in [0.1, 0.15) is 25.7 Å². The fourth-order valence-corrected chi connectivity index (χ4v) is 3.29. The van der Waals surface area contributed by atoms with Crippen molar-refractivity contribution >= 4 is 23.3 Å². The molecule has 0 radical (unpaired) electrons. The predicted octanol–water partition coefficient (Wildman–Crippen LogP) is 2.20. The lowest BCUT2D eigenvalue weighted by molar-refractivity contribution is -0.145. The van der Waals surface area contributed by atoms with Gasteiger partial charge in [0.05, 0.1) is 13.0 Å². The third-order valence-corrected chi connectivity index (χ3v) is 4.52. The van der Waals surface area contributed by atoms with E-state index in [-0.39, 0.29) is 24.2 Å². The van der Waals surface area contributed by atoms with Crippen molar-refractivity contribution in [3.05, 3.63) is 24.3 Å². The molecule has 1 amide bonds. The summed E-state index contributed by atoms with van der Waals surface area (Å²) < 4.78 is 4.76. The summed E-state index contributed by atoms with van der Waals surface area (Å²) in [5, 5.41) is 0. The molecular formula is C17H22N2O3. The molecule has 3 rings (SSSR count). The molecule has 2 aliphatic rings. The molecule has 2 saturated heterocycles. The van der Waals surface area contributed by atoms with Crippen LogP contribution in [0.5, 0.6) is 0 Å². The van der Waals surface area contributed by atoms with Gasteiger partial charge in [0, 0.05) is 37.4 Å². The molecule has 0 saturated carbocycles. The summed E-state index contributed by atoms with van der Waals surface area (Å²) in [6.45, 7) is 2.55. The molecule has 5 nitrogen and oxygen atoms in total. The van der Waals surface area contributed by atoms with Gasteiger partial charge in [-0.25, -0.2) is 0 Å². The van der Waals surface area contributed by atoms with Crippen molar-refractivity contribution in [1.29, 1.82) is 0 Å². The highest BCUT2D eigenvalue weighted by Crippen LogP contribution is 2.29. The zero-order valence-corrected chi connectivity index (χ0v) is 13.0. The Bertz CT molecular complexity index is 567. The Morgan fingerprint density at radius 2 is 1.91 bits per heavy atom. The summed E-state index contributed by atoms with van der Waals surface area (Å²) in [5.74, 6) is -0.662. The number of methoxy groups -OCH3 is 1. The van der Waals surface area contributed by atoms with Crippen molar-refractivity contribution in [2.45, 2.75) is 25.7 Å². The van der Waals surface area contributed by atoms with E-state index in [1.54, 1.807) is 4.90 Å². The topological polar surface area (TPSA) is 49.9 Å². The molecule has 0 bridgehead atoms. The highest BCUT2D eigenvalue weighted by Gasteiger charge is 2.35. The monoisotopic (exact) mass is 302 g/mol. The van der Waals surface area contributed by atoms with Gasteiger partial charge in [-0.3, -0.25) is 9.59 Å². The third kappa shape index (κ3) is 2.93. The van der Waals surface area contributed by atoms with E-state index < -0.39 is 0 Å². The Morgan fingerprint density at radius 3 is 2.64 bits per heavy atom. The van der Waals surface area contributed by atoms with Crippen LogP contribution in [0.3, 0.4) is 0 Å². The second-order valence-electron chi connectivity index (χ2n) is 6.00. The number of esters is 1. The summed E-state index contributed by atoms with van der Waals surface area (Å²) in [6, 6.07) is 8.07. The van der Waals surface area contributed by atoms with E-state index in [0.29, 0.717) is 6.54 Å². The third-order valence-electron chi connectivity index (χ3n) is 4.52. The number of nitrogens with zero attached hydrogens (tertiary/aromatic N) is 2. The van der Waals surface area contributed by atoms with Gasteiger partial charge in [-0.15, -0.1) is 0 Å². The highest BCUT2D eigenvalue weighted by atomic mass is 16.5. The molecule has 2 aliphatic heterocycles. The molecule has 2 heterocycles. The molecule has 0 spiro atoms. The van der Waals surface area contributed by atoms with Gasteiger partial charge in [0.15, 0.2) is 0 Å². The zero-order valence-electron chi connectivity index (χ0n) is 13.0. The average Bonchev–Trinajstić information content (AvgIpc) is 2.97. The SMILES string of the molecule is COC(=O)C1CC(=O)N(c2cccc(N3CCCCC3)c2)C1. The molecule has 2 fully saturated rings. The Labute approximate surface area is 130 Å². The lowest BCUT2D eigenvalue weighted by atomic mass is 10.1. The molecule has 0 aromatic heterocycles. The Balaban J connectivity index is 1.77. The number of rotatable bonds is 3. The van der Waals surface area contributed by atoms with Gasteiger partial charge in [-0.1, -0.05) is 6.07 Å². The van der Waals surface area contributed by atoms with Crippen molar-refractivity contribution in [2.75, 3.05) is 36.5 Å². The van der Waals surface area contributed by atoms with Gasteiger partial charge in [0.1, 0.15) is 0 Å². The first-order valence-corrected chi connectivity index (χ1v) is 7.92. The van der Waals surface area contributed by atoms with E-state index in [9.17, 15) is 9.59 Å². The summed E-state index contributed by atoms with van der Waals surface area (Å²) >= 11 is 0. The fourth-order valence-electron chi connectivity index (χ4n) is 3.29. The normalized spacial score (nSPS) is 22.0.